The summed E-state index contributed by atoms with van der Waals surface area (Å²) in [6, 6.07) is 14.8. The number of carbonyl (C=O) groups is 1. The van der Waals surface area contributed by atoms with Gasteiger partial charge in [-0.15, -0.1) is 10.2 Å². The van der Waals surface area contributed by atoms with Gasteiger partial charge in [0.05, 0.1) is 12.5 Å². The summed E-state index contributed by atoms with van der Waals surface area (Å²) < 4.78 is 0. The lowest BCUT2D eigenvalue weighted by Gasteiger charge is -2.03. The van der Waals surface area contributed by atoms with Crippen molar-refractivity contribution in [3.63, 3.8) is 0 Å². The zero-order valence-electron chi connectivity index (χ0n) is 11.9. The molecule has 22 heavy (non-hydrogen) atoms. The third-order valence-electron chi connectivity index (χ3n) is 2.72. The predicted molar refractivity (Wildman–Crippen MR) is 82.5 cm³/mol. The summed E-state index contributed by atoms with van der Waals surface area (Å²) in [6.45, 7) is 0. The van der Waals surface area contributed by atoms with E-state index in [-0.39, 0.29) is 12.3 Å². The van der Waals surface area contributed by atoms with Crippen LogP contribution in [0.5, 0.6) is 0 Å². The third kappa shape index (κ3) is 5.07. The molecule has 0 radical (unpaired) electrons. The van der Waals surface area contributed by atoms with E-state index in [1.165, 1.54) is 0 Å². The number of nitrogens with one attached hydrogen (secondary N) is 1. The van der Waals surface area contributed by atoms with Gasteiger partial charge in [-0.2, -0.15) is 5.26 Å². The van der Waals surface area contributed by atoms with E-state index in [2.05, 4.69) is 27.4 Å². The number of hydrogen-bond donors (Lipinski definition) is 1. The second-order valence-electron chi connectivity index (χ2n) is 4.47. The molecule has 0 atom stereocenters. The molecule has 0 bridgehead atoms. The summed E-state index contributed by atoms with van der Waals surface area (Å²) in [5, 5.41) is 18.9. The van der Waals surface area contributed by atoms with Crippen LogP contribution in [0, 0.1) is 23.2 Å². The fourth-order valence-corrected chi connectivity index (χ4v) is 1.71. The van der Waals surface area contributed by atoms with Gasteiger partial charge in [0, 0.05) is 12.8 Å². The summed E-state index contributed by atoms with van der Waals surface area (Å²) in [5.74, 6) is 5.89. The van der Waals surface area contributed by atoms with Gasteiger partial charge >= 0.3 is 0 Å². The normalized spacial score (nSPS) is 9.23. The molecule has 2 rings (SSSR count). The van der Waals surface area contributed by atoms with Gasteiger partial charge in [-0.05, 0) is 23.6 Å². The molecule has 108 valence electrons. The molecule has 1 heterocycles. The van der Waals surface area contributed by atoms with Crippen molar-refractivity contribution in [2.24, 2.45) is 0 Å². The first-order valence-electron chi connectivity index (χ1n) is 6.81. The highest BCUT2D eigenvalue weighted by molar-refractivity contribution is 5.91. The fraction of sp³-hybridized carbons (Fsp3) is 0.176. The molecule has 0 spiro atoms. The number of nitriles is 1. The van der Waals surface area contributed by atoms with Crippen LogP contribution in [0.4, 0.5) is 5.82 Å². The van der Waals surface area contributed by atoms with E-state index in [1.54, 1.807) is 12.1 Å². The van der Waals surface area contributed by atoms with Crippen LogP contribution >= 0.6 is 0 Å². The minimum atomic E-state index is -0.145. The maximum absolute atomic E-state index is 11.9. The molecule has 0 unspecified atom stereocenters. The van der Waals surface area contributed by atoms with Gasteiger partial charge in [0.2, 0.25) is 5.91 Å². The van der Waals surface area contributed by atoms with Crippen LogP contribution in [0.1, 0.15) is 24.1 Å². The Kier molecular flexibility index (Phi) is 5.66. The number of unbranched alkanes of at least 4 members (excludes halogenated alkanes) is 1. The van der Waals surface area contributed by atoms with Gasteiger partial charge in [0.1, 0.15) is 5.69 Å². The highest BCUT2D eigenvalue weighted by atomic mass is 16.1. The number of anilines is 1. The summed E-state index contributed by atoms with van der Waals surface area (Å²) >= 11 is 0. The average molecular weight is 290 g/mol. The van der Waals surface area contributed by atoms with Gasteiger partial charge in [-0.1, -0.05) is 36.3 Å². The second kappa shape index (κ2) is 8.18. The Labute approximate surface area is 129 Å². The van der Waals surface area contributed by atoms with Crippen molar-refractivity contribution in [3.8, 4) is 17.9 Å². The standard InChI is InChI=1S/C17H14N4O/c18-12-6-2-5-9-15-10-11-16(21-20-15)19-17(22)13-14-7-3-1-4-8-14/h1,3-4,7-8,10-11H,2,6,13H2,(H,19,21,22). The average Bonchev–Trinajstić information content (AvgIpc) is 2.54. The van der Waals surface area contributed by atoms with E-state index in [9.17, 15) is 4.79 Å². The Bertz CT molecular complexity index is 721. The van der Waals surface area contributed by atoms with Crippen LogP contribution in [-0.2, 0) is 11.2 Å². The summed E-state index contributed by atoms with van der Waals surface area (Å²) in [6.07, 6.45) is 1.19. The first-order chi connectivity index (χ1) is 10.8. The molecule has 0 saturated carbocycles. The topological polar surface area (TPSA) is 78.7 Å². The zero-order valence-corrected chi connectivity index (χ0v) is 11.9. The lowest BCUT2D eigenvalue weighted by Crippen LogP contribution is -2.15. The Morgan fingerprint density at radius 1 is 1.09 bits per heavy atom. The molecule has 1 N–H and O–H groups in total. The van der Waals surface area contributed by atoms with Gasteiger partial charge < -0.3 is 5.32 Å². The number of aromatic nitrogens is 2. The van der Waals surface area contributed by atoms with E-state index in [0.717, 1.165) is 5.56 Å². The molecular formula is C17H14N4O. The van der Waals surface area contributed by atoms with Crippen LogP contribution in [0.25, 0.3) is 0 Å². The highest BCUT2D eigenvalue weighted by Gasteiger charge is 2.04. The SMILES string of the molecule is N#CCCC#Cc1ccc(NC(=O)Cc2ccccc2)nn1. The molecule has 0 fully saturated rings. The smallest absolute Gasteiger partial charge is 0.229 e. The van der Waals surface area contributed by atoms with Crippen molar-refractivity contribution < 1.29 is 4.79 Å². The molecule has 2 aromatic rings. The Balaban J connectivity index is 1.89. The van der Waals surface area contributed by atoms with Crippen molar-refractivity contribution in [2.75, 3.05) is 5.32 Å². The summed E-state index contributed by atoms with van der Waals surface area (Å²) in [4.78, 5) is 11.9. The predicted octanol–water partition coefficient (Wildman–Crippen LogP) is 2.31. The quantitative estimate of drug-likeness (QED) is 0.692. The molecule has 1 amide bonds. The number of rotatable bonds is 4. The maximum Gasteiger partial charge on any atom is 0.229 e. The number of benzene rings is 1. The zero-order chi connectivity index (χ0) is 15.6. The number of nitrogens with zero attached hydrogens (tertiary/aromatic N) is 3. The van der Waals surface area contributed by atoms with Crippen molar-refractivity contribution in [2.45, 2.75) is 19.3 Å². The van der Waals surface area contributed by atoms with Crippen LogP contribution in [0.15, 0.2) is 42.5 Å². The van der Waals surface area contributed by atoms with E-state index < -0.39 is 0 Å². The molecule has 5 heteroatoms. The van der Waals surface area contributed by atoms with Crippen molar-refractivity contribution in [3.05, 3.63) is 53.7 Å². The van der Waals surface area contributed by atoms with E-state index in [1.807, 2.05) is 36.4 Å². The van der Waals surface area contributed by atoms with Crippen LogP contribution in [-0.4, -0.2) is 16.1 Å². The van der Waals surface area contributed by atoms with Crippen LogP contribution < -0.4 is 5.32 Å². The van der Waals surface area contributed by atoms with Crippen LogP contribution in [0.3, 0.4) is 0 Å². The summed E-state index contributed by atoms with van der Waals surface area (Å²) in [5.41, 5.74) is 1.45. The minimum absolute atomic E-state index is 0.145. The largest absolute Gasteiger partial charge is 0.309 e. The van der Waals surface area contributed by atoms with Crippen LogP contribution in [0.2, 0.25) is 0 Å². The lowest BCUT2D eigenvalue weighted by molar-refractivity contribution is -0.115. The number of carbonyl (C=O) groups excluding carboxylic acids is 1. The Hall–Kier alpha value is -3.18. The highest BCUT2D eigenvalue weighted by Crippen LogP contribution is 2.04. The second-order valence-corrected chi connectivity index (χ2v) is 4.47. The van der Waals surface area contributed by atoms with E-state index in [0.29, 0.717) is 24.4 Å². The first-order valence-corrected chi connectivity index (χ1v) is 6.81. The van der Waals surface area contributed by atoms with Crippen molar-refractivity contribution in [1.82, 2.24) is 10.2 Å². The van der Waals surface area contributed by atoms with Crippen molar-refractivity contribution in [1.29, 1.82) is 5.26 Å². The van der Waals surface area contributed by atoms with Gasteiger partial charge in [-0.3, -0.25) is 4.79 Å². The number of amides is 1. The molecule has 0 aliphatic heterocycles. The fourth-order valence-electron chi connectivity index (χ4n) is 1.71. The van der Waals surface area contributed by atoms with Gasteiger partial charge in [-0.25, -0.2) is 0 Å². The molecule has 0 saturated heterocycles. The maximum atomic E-state index is 11.9. The molecule has 0 aliphatic carbocycles. The Morgan fingerprint density at radius 3 is 2.59 bits per heavy atom. The number of hydrogen-bond acceptors (Lipinski definition) is 4. The molecule has 0 aliphatic rings. The first kappa shape index (κ1) is 15.2. The molecule has 1 aromatic carbocycles. The molecule has 5 nitrogen and oxygen atoms in total. The monoisotopic (exact) mass is 290 g/mol. The summed E-state index contributed by atoms with van der Waals surface area (Å²) in [7, 11) is 0. The van der Waals surface area contributed by atoms with Gasteiger partial charge in [0.25, 0.3) is 0 Å². The third-order valence-corrected chi connectivity index (χ3v) is 2.72. The minimum Gasteiger partial charge on any atom is -0.309 e. The lowest BCUT2D eigenvalue weighted by atomic mass is 10.1. The molecule has 1 aromatic heterocycles. The van der Waals surface area contributed by atoms with E-state index >= 15 is 0 Å². The Morgan fingerprint density at radius 2 is 1.91 bits per heavy atom. The van der Waals surface area contributed by atoms with E-state index in [4.69, 9.17) is 5.26 Å². The van der Waals surface area contributed by atoms with Crippen molar-refractivity contribution >= 4 is 11.7 Å². The van der Waals surface area contributed by atoms with Gasteiger partial charge in [0.15, 0.2) is 5.82 Å². The molecular weight excluding hydrogens is 276 g/mol.